The monoisotopic (exact) mass is 325 g/mol. The summed E-state index contributed by atoms with van der Waals surface area (Å²) < 4.78 is 14.6. The van der Waals surface area contributed by atoms with E-state index in [0.29, 0.717) is 11.2 Å². The van der Waals surface area contributed by atoms with Gasteiger partial charge in [-0.2, -0.15) is 9.38 Å². The molecule has 118 valence electrons. The summed E-state index contributed by atoms with van der Waals surface area (Å²) in [6.45, 7) is 0. The highest BCUT2D eigenvalue weighted by Gasteiger charge is 2.26. The van der Waals surface area contributed by atoms with Crippen molar-refractivity contribution >= 4 is 11.5 Å². The first-order valence-corrected chi connectivity index (χ1v) is 6.81. The molecule has 0 saturated carbocycles. The maximum absolute atomic E-state index is 13.3. The molecule has 0 amide bonds. The smallest absolute Gasteiger partial charge is 0.358 e. The van der Waals surface area contributed by atoms with Gasteiger partial charge in [-0.15, -0.1) is 15.0 Å². The van der Waals surface area contributed by atoms with Crippen LogP contribution in [-0.4, -0.2) is 34.5 Å². The Kier molecular flexibility index (Phi) is 3.02. The van der Waals surface area contributed by atoms with Crippen LogP contribution in [0, 0.1) is 15.9 Å². The van der Waals surface area contributed by atoms with Gasteiger partial charge in [0.15, 0.2) is 0 Å². The van der Waals surface area contributed by atoms with E-state index in [9.17, 15) is 14.5 Å². The molecular weight excluding hydrogens is 317 g/mol. The Balaban J connectivity index is 1.87. The van der Waals surface area contributed by atoms with Crippen LogP contribution in [0.5, 0.6) is 0 Å². The number of hydrogen-bond donors (Lipinski definition) is 0. The van der Waals surface area contributed by atoms with Crippen LogP contribution in [0.3, 0.4) is 0 Å². The van der Waals surface area contributed by atoms with Crippen molar-refractivity contribution in [3.05, 3.63) is 64.6 Å². The number of rotatable bonds is 3. The first kappa shape index (κ1) is 13.9. The van der Waals surface area contributed by atoms with E-state index in [4.69, 9.17) is 0 Å². The topological polar surface area (TPSA) is 104 Å². The van der Waals surface area contributed by atoms with Gasteiger partial charge >= 0.3 is 5.82 Å². The maximum atomic E-state index is 13.3. The van der Waals surface area contributed by atoms with E-state index in [2.05, 4.69) is 20.4 Å². The average Bonchev–Trinajstić information content (AvgIpc) is 3.19. The zero-order valence-electron chi connectivity index (χ0n) is 11.9. The number of halogens is 1. The predicted octanol–water partition coefficient (Wildman–Crippen LogP) is 2.02. The van der Waals surface area contributed by atoms with Crippen LogP contribution < -0.4 is 0 Å². The second-order valence-electron chi connectivity index (χ2n) is 4.86. The molecule has 0 atom stereocenters. The molecule has 9 nitrogen and oxygen atoms in total. The molecule has 3 heterocycles. The molecule has 3 aromatic heterocycles. The van der Waals surface area contributed by atoms with Crippen LogP contribution in [0.25, 0.3) is 22.9 Å². The van der Waals surface area contributed by atoms with E-state index in [1.165, 1.54) is 28.8 Å². The molecule has 0 spiro atoms. The van der Waals surface area contributed by atoms with Crippen molar-refractivity contribution in [2.75, 3.05) is 0 Å². The zero-order valence-corrected chi connectivity index (χ0v) is 11.9. The second-order valence-corrected chi connectivity index (χ2v) is 4.86. The molecule has 0 N–H and O–H groups in total. The Labute approximate surface area is 133 Å². The van der Waals surface area contributed by atoms with E-state index in [1.54, 1.807) is 24.3 Å². The lowest BCUT2D eigenvalue weighted by Gasteiger charge is -1.96. The summed E-state index contributed by atoms with van der Waals surface area (Å²) in [7, 11) is 0. The highest BCUT2D eigenvalue weighted by Crippen LogP contribution is 2.23. The van der Waals surface area contributed by atoms with Gasteiger partial charge in [-0.25, -0.2) is 4.39 Å². The van der Waals surface area contributed by atoms with Gasteiger partial charge in [0.2, 0.25) is 11.5 Å². The van der Waals surface area contributed by atoms with Crippen LogP contribution in [0.2, 0.25) is 0 Å². The van der Waals surface area contributed by atoms with E-state index < -0.39 is 10.7 Å². The van der Waals surface area contributed by atoms with Crippen molar-refractivity contribution in [3.8, 4) is 17.2 Å². The highest BCUT2D eigenvalue weighted by molar-refractivity contribution is 5.57. The minimum atomic E-state index is -0.569. The van der Waals surface area contributed by atoms with Crippen molar-refractivity contribution in [3.63, 3.8) is 0 Å². The first-order chi connectivity index (χ1) is 11.6. The Morgan fingerprint density at radius 3 is 2.83 bits per heavy atom. The van der Waals surface area contributed by atoms with Crippen LogP contribution in [0.1, 0.15) is 0 Å². The molecule has 4 aromatic rings. The summed E-state index contributed by atoms with van der Waals surface area (Å²) in [5, 5.41) is 23.1. The van der Waals surface area contributed by atoms with Crippen LogP contribution in [0.15, 0.2) is 48.7 Å². The fourth-order valence-corrected chi connectivity index (χ4v) is 2.32. The number of nitrogens with zero attached hydrogens (tertiary/aromatic N) is 7. The second kappa shape index (κ2) is 5.19. The van der Waals surface area contributed by atoms with Crippen LogP contribution in [0.4, 0.5) is 10.2 Å². The number of pyridine rings is 1. The van der Waals surface area contributed by atoms with Crippen LogP contribution >= 0.6 is 0 Å². The molecule has 10 heteroatoms. The molecule has 0 fully saturated rings. The minimum absolute atomic E-state index is 0.0682. The predicted molar refractivity (Wildman–Crippen MR) is 80.0 cm³/mol. The third-order valence-corrected chi connectivity index (χ3v) is 3.35. The normalized spacial score (nSPS) is 11.0. The van der Waals surface area contributed by atoms with E-state index in [1.807, 2.05) is 0 Å². The van der Waals surface area contributed by atoms with Crippen molar-refractivity contribution in [2.45, 2.75) is 0 Å². The number of imidazole rings is 1. The van der Waals surface area contributed by atoms with Gasteiger partial charge in [0.05, 0.1) is 6.20 Å². The SMILES string of the molecule is O=[N+]([O-])c1c(-n2nnc(-c3cccc(F)c3)n2)nc2ccccn12. The largest absolute Gasteiger partial charge is 0.376 e. The quantitative estimate of drug-likeness (QED) is 0.421. The van der Waals surface area contributed by atoms with E-state index >= 15 is 0 Å². The molecule has 1 aromatic carbocycles. The fourth-order valence-electron chi connectivity index (χ4n) is 2.32. The van der Waals surface area contributed by atoms with Crippen molar-refractivity contribution < 1.29 is 9.31 Å². The number of fused-ring (bicyclic) bond motifs is 1. The Morgan fingerprint density at radius 1 is 1.17 bits per heavy atom. The first-order valence-electron chi connectivity index (χ1n) is 6.81. The molecular formula is C14H8FN7O2. The maximum Gasteiger partial charge on any atom is 0.376 e. The van der Waals surface area contributed by atoms with Gasteiger partial charge < -0.3 is 10.1 Å². The molecule has 0 radical (unpaired) electrons. The lowest BCUT2D eigenvalue weighted by molar-refractivity contribution is -0.390. The Bertz CT molecular complexity index is 1070. The van der Waals surface area contributed by atoms with Gasteiger partial charge in [0.1, 0.15) is 5.82 Å². The summed E-state index contributed by atoms with van der Waals surface area (Å²) in [5.41, 5.74) is 0.788. The lowest BCUT2D eigenvalue weighted by Crippen LogP contribution is -2.04. The number of hydrogen-bond acceptors (Lipinski definition) is 6. The van der Waals surface area contributed by atoms with Crippen molar-refractivity contribution in [1.29, 1.82) is 0 Å². The van der Waals surface area contributed by atoms with Gasteiger partial charge in [0, 0.05) is 11.6 Å². The van der Waals surface area contributed by atoms with Crippen molar-refractivity contribution in [1.82, 2.24) is 29.6 Å². The molecule has 4 rings (SSSR count). The molecule has 24 heavy (non-hydrogen) atoms. The van der Waals surface area contributed by atoms with Gasteiger partial charge in [-0.1, -0.05) is 18.2 Å². The Morgan fingerprint density at radius 2 is 2.04 bits per heavy atom. The fraction of sp³-hybridized carbons (Fsp3) is 0. The third-order valence-electron chi connectivity index (χ3n) is 3.35. The number of aromatic nitrogens is 6. The van der Waals surface area contributed by atoms with Gasteiger partial charge in [-0.05, 0) is 28.3 Å². The lowest BCUT2D eigenvalue weighted by atomic mass is 10.2. The number of tetrazole rings is 1. The standard InChI is InChI=1S/C14H8FN7O2/c15-10-5-3-4-9(8-10)12-17-19-21(18-12)13-14(22(23)24)20-7-2-1-6-11(20)16-13/h1-8H. The summed E-state index contributed by atoms with van der Waals surface area (Å²) in [5.74, 6) is -0.654. The Hall–Kier alpha value is -3.69. The van der Waals surface area contributed by atoms with Gasteiger partial charge in [-0.3, -0.25) is 0 Å². The molecule has 0 aliphatic carbocycles. The van der Waals surface area contributed by atoms with E-state index in [-0.39, 0.29) is 17.5 Å². The molecule has 0 aliphatic heterocycles. The van der Waals surface area contributed by atoms with Crippen molar-refractivity contribution in [2.24, 2.45) is 0 Å². The van der Waals surface area contributed by atoms with Crippen LogP contribution in [-0.2, 0) is 0 Å². The summed E-state index contributed by atoms with van der Waals surface area (Å²) >= 11 is 0. The molecule has 0 aliphatic rings. The minimum Gasteiger partial charge on any atom is -0.358 e. The average molecular weight is 325 g/mol. The highest BCUT2D eigenvalue weighted by atomic mass is 19.1. The summed E-state index contributed by atoms with van der Waals surface area (Å²) in [6, 6.07) is 10.7. The zero-order chi connectivity index (χ0) is 16.7. The van der Waals surface area contributed by atoms with Gasteiger partial charge in [0.25, 0.3) is 5.82 Å². The molecule has 0 saturated heterocycles. The summed E-state index contributed by atoms with van der Waals surface area (Å²) in [4.78, 5) is 16.0. The third kappa shape index (κ3) is 2.17. The molecule has 0 bridgehead atoms. The number of nitro groups is 1. The molecule has 0 unspecified atom stereocenters. The summed E-state index contributed by atoms with van der Waals surface area (Å²) in [6.07, 6.45) is 1.52. The number of benzene rings is 1. The van der Waals surface area contributed by atoms with E-state index in [0.717, 1.165) is 4.80 Å².